The second-order valence-electron chi connectivity index (χ2n) is 16.7. The lowest BCUT2D eigenvalue weighted by molar-refractivity contribution is -0.167. The van der Waals surface area contributed by atoms with Gasteiger partial charge >= 0.3 is 17.9 Å². The summed E-state index contributed by atoms with van der Waals surface area (Å²) in [5, 5.41) is 0. The lowest BCUT2D eigenvalue weighted by Gasteiger charge is -2.18. The summed E-state index contributed by atoms with van der Waals surface area (Å²) in [6, 6.07) is 0. The minimum absolute atomic E-state index is 0.0949. The van der Waals surface area contributed by atoms with Crippen molar-refractivity contribution in [1.29, 1.82) is 0 Å². The van der Waals surface area contributed by atoms with Crippen molar-refractivity contribution in [2.75, 3.05) is 13.2 Å². The molecule has 6 nitrogen and oxygen atoms in total. The van der Waals surface area contributed by atoms with Gasteiger partial charge in [-0.2, -0.15) is 0 Å². The van der Waals surface area contributed by atoms with E-state index in [1.807, 2.05) is 0 Å². The normalized spacial score (nSPS) is 12.5. The number of ether oxygens (including phenoxy) is 3. The molecule has 346 valence electrons. The van der Waals surface area contributed by atoms with Crippen molar-refractivity contribution >= 4 is 17.9 Å². The quantitative estimate of drug-likeness (QED) is 0.0263. The molecule has 0 aromatic rings. The van der Waals surface area contributed by atoms with Crippen LogP contribution < -0.4 is 0 Å². The van der Waals surface area contributed by atoms with Crippen LogP contribution in [0.1, 0.15) is 245 Å². The van der Waals surface area contributed by atoms with Crippen LogP contribution in [0.2, 0.25) is 0 Å². The molecule has 0 radical (unpaired) electrons. The standard InChI is InChI=1S/C54H94O6/c1-4-7-10-13-15-17-19-21-23-25-26-27-29-30-32-34-36-38-41-44-47-53(56)59-50-51(49-58-52(55)46-43-40-12-9-6-3)60-54(57)48-45-42-39-37-35-33-31-28-24-22-20-18-16-14-11-8-5-2/h8,11,16,18,22,24,31,33,37,39,51H,4-7,9-10,12-15,17,19-21,23,25-30,32,34-36,38,40-50H2,1-3H3/b11-8-,18-16-,24-22-,33-31-,39-37-. The average molecular weight is 839 g/mol. The molecule has 0 rings (SSSR count). The number of allylic oxidation sites excluding steroid dienone is 10. The van der Waals surface area contributed by atoms with Crippen molar-refractivity contribution in [3.05, 3.63) is 60.8 Å². The zero-order valence-corrected chi connectivity index (χ0v) is 39.5. The lowest BCUT2D eigenvalue weighted by Crippen LogP contribution is -2.30. The first-order valence-corrected chi connectivity index (χ1v) is 25.3. The molecular formula is C54H94O6. The van der Waals surface area contributed by atoms with Gasteiger partial charge in [0.15, 0.2) is 6.10 Å². The molecule has 0 N–H and O–H groups in total. The number of unbranched alkanes of at least 4 members (excludes halogenated alkanes) is 24. The summed E-state index contributed by atoms with van der Waals surface area (Å²) >= 11 is 0. The lowest BCUT2D eigenvalue weighted by atomic mass is 10.0. The van der Waals surface area contributed by atoms with E-state index in [0.717, 1.165) is 83.5 Å². The fourth-order valence-corrected chi connectivity index (χ4v) is 7.01. The summed E-state index contributed by atoms with van der Waals surface area (Å²) in [6.07, 6.45) is 59.7. The van der Waals surface area contributed by atoms with E-state index in [0.29, 0.717) is 19.3 Å². The smallest absolute Gasteiger partial charge is 0.306 e. The molecule has 0 bridgehead atoms. The Balaban J connectivity index is 4.21. The molecule has 0 saturated heterocycles. The topological polar surface area (TPSA) is 78.9 Å². The van der Waals surface area contributed by atoms with E-state index in [-0.39, 0.29) is 37.5 Å². The van der Waals surface area contributed by atoms with Crippen LogP contribution in [-0.2, 0) is 28.6 Å². The SMILES string of the molecule is CC/C=C\C/C=C\C/C=C\C/C=C\C/C=C\CCCC(=O)OC(COC(=O)CCCCCCC)COC(=O)CCCCCCCCCCCCCCCCCCCCCC. The van der Waals surface area contributed by atoms with Crippen molar-refractivity contribution in [3.63, 3.8) is 0 Å². The third kappa shape index (κ3) is 46.2. The van der Waals surface area contributed by atoms with Gasteiger partial charge in [-0.1, -0.05) is 229 Å². The van der Waals surface area contributed by atoms with Gasteiger partial charge in [0.1, 0.15) is 13.2 Å². The first-order valence-electron chi connectivity index (χ1n) is 25.3. The van der Waals surface area contributed by atoms with Gasteiger partial charge in [0.05, 0.1) is 0 Å². The van der Waals surface area contributed by atoms with Crippen LogP contribution in [-0.4, -0.2) is 37.2 Å². The number of esters is 3. The van der Waals surface area contributed by atoms with E-state index in [2.05, 4.69) is 81.5 Å². The molecule has 1 unspecified atom stereocenters. The summed E-state index contributed by atoms with van der Waals surface area (Å²) in [7, 11) is 0. The maximum atomic E-state index is 12.7. The minimum Gasteiger partial charge on any atom is -0.462 e. The Labute approximate surface area is 370 Å². The maximum absolute atomic E-state index is 12.7. The van der Waals surface area contributed by atoms with Gasteiger partial charge in [-0.05, 0) is 57.8 Å². The Hall–Kier alpha value is -2.89. The van der Waals surface area contributed by atoms with Crippen LogP contribution in [0, 0.1) is 0 Å². The van der Waals surface area contributed by atoms with Gasteiger partial charge in [0.25, 0.3) is 0 Å². The van der Waals surface area contributed by atoms with Crippen LogP contribution in [0.4, 0.5) is 0 Å². The molecular weight excluding hydrogens is 745 g/mol. The Morgan fingerprint density at radius 3 is 1.00 bits per heavy atom. The van der Waals surface area contributed by atoms with E-state index >= 15 is 0 Å². The zero-order valence-electron chi connectivity index (χ0n) is 39.5. The Bertz CT molecular complexity index is 1100. The monoisotopic (exact) mass is 839 g/mol. The molecule has 0 aliphatic rings. The molecule has 0 saturated carbocycles. The number of hydrogen-bond donors (Lipinski definition) is 0. The van der Waals surface area contributed by atoms with E-state index in [1.165, 1.54) is 116 Å². The highest BCUT2D eigenvalue weighted by molar-refractivity contribution is 5.71. The van der Waals surface area contributed by atoms with Crippen molar-refractivity contribution in [2.45, 2.75) is 252 Å². The Morgan fingerprint density at radius 2 is 0.650 bits per heavy atom. The van der Waals surface area contributed by atoms with Crippen LogP contribution in [0.25, 0.3) is 0 Å². The van der Waals surface area contributed by atoms with Crippen molar-refractivity contribution in [3.8, 4) is 0 Å². The first-order chi connectivity index (χ1) is 29.5. The van der Waals surface area contributed by atoms with E-state index in [4.69, 9.17) is 14.2 Å². The molecule has 0 aromatic heterocycles. The predicted octanol–water partition coefficient (Wildman–Crippen LogP) is 16.5. The molecule has 0 heterocycles. The largest absolute Gasteiger partial charge is 0.462 e. The number of carbonyl (C=O) groups is 3. The second kappa shape index (κ2) is 48.8. The van der Waals surface area contributed by atoms with Crippen molar-refractivity contribution in [2.24, 2.45) is 0 Å². The molecule has 0 spiro atoms. The molecule has 60 heavy (non-hydrogen) atoms. The zero-order chi connectivity index (χ0) is 43.7. The maximum Gasteiger partial charge on any atom is 0.306 e. The van der Waals surface area contributed by atoms with Crippen molar-refractivity contribution < 1.29 is 28.6 Å². The highest BCUT2D eigenvalue weighted by Crippen LogP contribution is 2.16. The van der Waals surface area contributed by atoms with Crippen molar-refractivity contribution in [1.82, 2.24) is 0 Å². The third-order valence-corrected chi connectivity index (χ3v) is 10.8. The molecule has 0 aromatic carbocycles. The fraction of sp³-hybridized carbons (Fsp3) is 0.759. The van der Waals surface area contributed by atoms with Crippen LogP contribution >= 0.6 is 0 Å². The van der Waals surface area contributed by atoms with Gasteiger partial charge in [-0.3, -0.25) is 14.4 Å². The van der Waals surface area contributed by atoms with Gasteiger partial charge in [0, 0.05) is 19.3 Å². The van der Waals surface area contributed by atoms with Crippen LogP contribution in [0.15, 0.2) is 60.8 Å². The van der Waals surface area contributed by atoms with Gasteiger partial charge in [-0.25, -0.2) is 0 Å². The number of rotatable bonds is 45. The first kappa shape index (κ1) is 57.1. The third-order valence-electron chi connectivity index (χ3n) is 10.8. The Kier molecular flexibility index (Phi) is 46.4. The van der Waals surface area contributed by atoms with Gasteiger partial charge in [-0.15, -0.1) is 0 Å². The number of hydrogen-bond acceptors (Lipinski definition) is 6. The molecule has 1 atom stereocenters. The summed E-state index contributed by atoms with van der Waals surface area (Å²) in [5.41, 5.74) is 0. The highest BCUT2D eigenvalue weighted by atomic mass is 16.6. The van der Waals surface area contributed by atoms with E-state index < -0.39 is 6.10 Å². The Morgan fingerprint density at radius 1 is 0.350 bits per heavy atom. The van der Waals surface area contributed by atoms with Gasteiger partial charge in [0.2, 0.25) is 0 Å². The summed E-state index contributed by atoms with van der Waals surface area (Å²) in [5.74, 6) is -0.964. The van der Waals surface area contributed by atoms with Crippen LogP contribution in [0.3, 0.4) is 0 Å². The van der Waals surface area contributed by atoms with E-state index in [9.17, 15) is 14.4 Å². The van der Waals surface area contributed by atoms with Gasteiger partial charge < -0.3 is 14.2 Å². The predicted molar refractivity (Wildman–Crippen MR) is 256 cm³/mol. The molecule has 0 aliphatic carbocycles. The molecule has 0 aliphatic heterocycles. The molecule has 0 fully saturated rings. The summed E-state index contributed by atoms with van der Waals surface area (Å²) in [6.45, 7) is 6.40. The average Bonchev–Trinajstić information content (AvgIpc) is 3.24. The fourth-order valence-electron chi connectivity index (χ4n) is 7.01. The molecule has 0 amide bonds. The summed E-state index contributed by atoms with van der Waals surface area (Å²) < 4.78 is 16.6. The minimum atomic E-state index is -0.797. The number of carbonyl (C=O) groups excluding carboxylic acids is 3. The second-order valence-corrected chi connectivity index (χ2v) is 16.7. The summed E-state index contributed by atoms with van der Waals surface area (Å²) in [4.78, 5) is 37.6. The highest BCUT2D eigenvalue weighted by Gasteiger charge is 2.19. The van der Waals surface area contributed by atoms with E-state index in [1.54, 1.807) is 0 Å². The molecule has 6 heteroatoms. The van der Waals surface area contributed by atoms with Crippen LogP contribution in [0.5, 0.6) is 0 Å².